The van der Waals surface area contributed by atoms with Crippen molar-refractivity contribution in [1.29, 1.82) is 0 Å². The normalized spacial score (nSPS) is 10.2. The Labute approximate surface area is 90.0 Å². The summed E-state index contributed by atoms with van der Waals surface area (Å²) in [7, 11) is 0. The monoisotopic (exact) mass is 198 g/mol. The van der Waals surface area contributed by atoms with Crippen LogP contribution in [-0.4, -0.2) is 5.11 Å². The van der Waals surface area contributed by atoms with E-state index in [1.165, 1.54) is 16.7 Å². The van der Waals surface area contributed by atoms with Gasteiger partial charge in [-0.1, -0.05) is 36.4 Å². The minimum atomic E-state index is 0.323. The van der Waals surface area contributed by atoms with E-state index in [9.17, 15) is 5.11 Å². The minimum Gasteiger partial charge on any atom is -0.508 e. The van der Waals surface area contributed by atoms with E-state index in [2.05, 4.69) is 31.2 Å². The van der Waals surface area contributed by atoms with Crippen molar-refractivity contribution in [3.63, 3.8) is 0 Å². The molecule has 0 aromatic heterocycles. The van der Waals surface area contributed by atoms with Crippen LogP contribution < -0.4 is 0 Å². The molecule has 1 nitrogen and oxygen atoms in total. The van der Waals surface area contributed by atoms with Crippen molar-refractivity contribution in [2.75, 3.05) is 0 Å². The molecule has 0 bridgehead atoms. The second kappa shape index (κ2) is 4.18. The summed E-state index contributed by atoms with van der Waals surface area (Å²) >= 11 is 0. The van der Waals surface area contributed by atoms with Gasteiger partial charge in [0.15, 0.2) is 0 Å². The molecule has 0 atom stereocenters. The molecule has 1 heteroatoms. The van der Waals surface area contributed by atoms with Crippen LogP contribution in [0.25, 0.3) is 0 Å². The molecule has 1 N–H and O–H groups in total. The smallest absolute Gasteiger partial charge is 0.115 e. The molecule has 0 aliphatic carbocycles. The van der Waals surface area contributed by atoms with Crippen molar-refractivity contribution in [2.45, 2.75) is 13.3 Å². The molecule has 76 valence electrons. The van der Waals surface area contributed by atoms with Gasteiger partial charge in [-0.15, -0.1) is 0 Å². The van der Waals surface area contributed by atoms with Gasteiger partial charge in [0.25, 0.3) is 0 Å². The largest absolute Gasteiger partial charge is 0.508 e. The molecule has 0 heterocycles. The third-order valence-electron chi connectivity index (χ3n) is 2.59. The van der Waals surface area contributed by atoms with E-state index < -0.39 is 0 Å². The number of phenols is 1. The fourth-order valence-corrected chi connectivity index (χ4v) is 1.64. The second-order valence-electron chi connectivity index (χ2n) is 3.77. The second-order valence-corrected chi connectivity index (χ2v) is 3.77. The summed E-state index contributed by atoms with van der Waals surface area (Å²) in [6.45, 7) is 2.12. The fourth-order valence-electron chi connectivity index (χ4n) is 1.64. The highest BCUT2D eigenvalue weighted by Crippen LogP contribution is 2.15. The molecular formula is C14H14O. The highest BCUT2D eigenvalue weighted by molar-refractivity contribution is 5.34. The lowest BCUT2D eigenvalue weighted by Crippen LogP contribution is -1.90. The molecule has 0 amide bonds. The van der Waals surface area contributed by atoms with E-state index >= 15 is 0 Å². The molecule has 2 aromatic carbocycles. The van der Waals surface area contributed by atoms with E-state index in [1.54, 1.807) is 12.1 Å². The first-order chi connectivity index (χ1) is 7.25. The molecule has 0 radical (unpaired) electrons. The van der Waals surface area contributed by atoms with E-state index in [0.29, 0.717) is 5.75 Å². The quantitative estimate of drug-likeness (QED) is 0.785. The Morgan fingerprint density at radius 1 is 0.933 bits per heavy atom. The number of aromatic hydroxyl groups is 1. The molecule has 0 aliphatic heterocycles. The van der Waals surface area contributed by atoms with Gasteiger partial charge in [-0.3, -0.25) is 0 Å². The van der Waals surface area contributed by atoms with Crippen molar-refractivity contribution in [2.24, 2.45) is 0 Å². The number of phenolic OH excluding ortho intramolecular Hbond substituents is 1. The first kappa shape index (κ1) is 9.78. The Morgan fingerprint density at radius 3 is 2.27 bits per heavy atom. The van der Waals surface area contributed by atoms with Gasteiger partial charge in [-0.2, -0.15) is 0 Å². The maximum atomic E-state index is 9.18. The van der Waals surface area contributed by atoms with E-state index in [0.717, 1.165) is 6.42 Å². The van der Waals surface area contributed by atoms with Gasteiger partial charge >= 0.3 is 0 Å². The first-order valence-electron chi connectivity index (χ1n) is 5.08. The van der Waals surface area contributed by atoms with Gasteiger partial charge in [0, 0.05) is 0 Å². The van der Waals surface area contributed by atoms with Crippen molar-refractivity contribution in [3.05, 3.63) is 65.2 Å². The summed E-state index contributed by atoms with van der Waals surface area (Å²) < 4.78 is 0. The number of benzene rings is 2. The topological polar surface area (TPSA) is 20.2 Å². The fraction of sp³-hybridized carbons (Fsp3) is 0.143. The van der Waals surface area contributed by atoms with Crippen molar-refractivity contribution in [3.8, 4) is 5.75 Å². The molecule has 0 unspecified atom stereocenters. The van der Waals surface area contributed by atoms with E-state index in [-0.39, 0.29) is 0 Å². The number of hydrogen-bond acceptors (Lipinski definition) is 1. The molecular weight excluding hydrogens is 184 g/mol. The van der Waals surface area contributed by atoms with Crippen LogP contribution >= 0.6 is 0 Å². The van der Waals surface area contributed by atoms with Gasteiger partial charge in [-0.05, 0) is 42.2 Å². The van der Waals surface area contributed by atoms with Crippen LogP contribution in [0.5, 0.6) is 5.75 Å². The van der Waals surface area contributed by atoms with Crippen LogP contribution in [0.1, 0.15) is 16.7 Å². The Morgan fingerprint density at radius 2 is 1.60 bits per heavy atom. The summed E-state index contributed by atoms with van der Waals surface area (Å²) in [6.07, 6.45) is 0.924. The highest BCUT2D eigenvalue weighted by Gasteiger charge is 1.99. The van der Waals surface area contributed by atoms with Crippen LogP contribution in [0.2, 0.25) is 0 Å². The highest BCUT2D eigenvalue weighted by atomic mass is 16.3. The molecule has 0 fully saturated rings. The molecule has 15 heavy (non-hydrogen) atoms. The van der Waals surface area contributed by atoms with E-state index in [1.807, 2.05) is 12.1 Å². The van der Waals surface area contributed by atoms with Crippen LogP contribution in [0.4, 0.5) is 0 Å². The lowest BCUT2D eigenvalue weighted by Gasteiger charge is -2.05. The average molecular weight is 198 g/mol. The average Bonchev–Trinajstić information content (AvgIpc) is 2.25. The predicted octanol–water partition coefficient (Wildman–Crippen LogP) is 3.29. The van der Waals surface area contributed by atoms with Crippen molar-refractivity contribution >= 4 is 0 Å². The zero-order chi connectivity index (χ0) is 10.7. The zero-order valence-corrected chi connectivity index (χ0v) is 8.77. The maximum absolute atomic E-state index is 9.18. The number of hydrogen-bond donors (Lipinski definition) is 1. The molecule has 2 rings (SSSR count). The Balaban J connectivity index is 2.22. The minimum absolute atomic E-state index is 0.323. The Bertz CT molecular complexity index is 443. The van der Waals surface area contributed by atoms with E-state index in [4.69, 9.17) is 0 Å². The third kappa shape index (κ3) is 2.38. The maximum Gasteiger partial charge on any atom is 0.115 e. The van der Waals surface area contributed by atoms with Crippen molar-refractivity contribution < 1.29 is 5.11 Å². The summed E-state index contributed by atoms with van der Waals surface area (Å²) in [5, 5.41) is 9.18. The molecule has 0 saturated heterocycles. The summed E-state index contributed by atoms with van der Waals surface area (Å²) in [4.78, 5) is 0. The van der Waals surface area contributed by atoms with Crippen LogP contribution in [0.15, 0.2) is 48.5 Å². The molecule has 0 spiro atoms. The third-order valence-corrected chi connectivity index (χ3v) is 2.59. The van der Waals surface area contributed by atoms with Crippen molar-refractivity contribution in [1.82, 2.24) is 0 Å². The van der Waals surface area contributed by atoms with Gasteiger partial charge < -0.3 is 5.11 Å². The Hall–Kier alpha value is -1.76. The van der Waals surface area contributed by atoms with Crippen LogP contribution in [0, 0.1) is 6.92 Å². The predicted molar refractivity (Wildman–Crippen MR) is 62.1 cm³/mol. The molecule has 0 saturated carbocycles. The van der Waals surface area contributed by atoms with Crippen LogP contribution in [0.3, 0.4) is 0 Å². The zero-order valence-electron chi connectivity index (χ0n) is 8.77. The van der Waals surface area contributed by atoms with Gasteiger partial charge in [0.05, 0.1) is 0 Å². The molecule has 0 aliphatic rings. The SMILES string of the molecule is Cc1ccccc1Cc1ccc(O)cc1. The number of aryl methyl sites for hydroxylation is 1. The Kier molecular flexibility index (Phi) is 2.72. The molecule has 2 aromatic rings. The summed E-state index contributed by atoms with van der Waals surface area (Å²) in [5.41, 5.74) is 3.87. The van der Waals surface area contributed by atoms with Gasteiger partial charge in [-0.25, -0.2) is 0 Å². The summed E-state index contributed by atoms with van der Waals surface area (Å²) in [5.74, 6) is 0.323. The van der Waals surface area contributed by atoms with Gasteiger partial charge in [0.1, 0.15) is 5.75 Å². The summed E-state index contributed by atoms with van der Waals surface area (Å²) in [6, 6.07) is 15.8. The first-order valence-corrected chi connectivity index (χ1v) is 5.08. The standard InChI is InChI=1S/C14H14O/c1-11-4-2-3-5-13(11)10-12-6-8-14(15)9-7-12/h2-9,15H,10H2,1H3. The lowest BCUT2D eigenvalue weighted by molar-refractivity contribution is 0.475. The van der Waals surface area contributed by atoms with Crippen LogP contribution in [-0.2, 0) is 6.42 Å². The number of rotatable bonds is 2. The van der Waals surface area contributed by atoms with Gasteiger partial charge in [0.2, 0.25) is 0 Å². The lowest BCUT2D eigenvalue weighted by atomic mass is 10.0.